The third-order valence-electron chi connectivity index (χ3n) is 4.09. The summed E-state index contributed by atoms with van der Waals surface area (Å²) >= 11 is 5.93. The van der Waals surface area contributed by atoms with Gasteiger partial charge in [0, 0.05) is 10.7 Å². The Hall–Kier alpha value is -2.87. The van der Waals surface area contributed by atoms with Gasteiger partial charge in [0.2, 0.25) is 5.96 Å². The van der Waals surface area contributed by atoms with Gasteiger partial charge in [0.05, 0.1) is 11.4 Å². The van der Waals surface area contributed by atoms with Crippen LogP contribution in [0.5, 0.6) is 0 Å². The first-order chi connectivity index (χ1) is 13.8. The highest BCUT2D eigenvalue weighted by Gasteiger charge is 2.18. The average molecular weight is 429 g/mol. The van der Waals surface area contributed by atoms with Crippen LogP contribution < -0.4 is 11.2 Å². The van der Waals surface area contributed by atoms with E-state index in [4.69, 9.17) is 17.4 Å². The van der Waals surface area contributed by atoms with Crippen molar-refractivity contribution in [2.45, 2.75) is 18.4 Å². The summed E-state index contributed by atoms with van der Waals surface area (Å²) in [5.41, 5.74) is 2.47. The van der Waals surface area contributed by atoms with Crippen molar-refractivity contribution in [2.24, 2.45) is 10.2 Å². The molecule has 3 N–H and O–H groups in total. The maximum Gasteiger partial charge on any atom is 0.285 e. The minimum absolute atomic E-state index is 0.00301. The lowest BCUT2D eigenvalue weighted by molar-refractivity contribution is 0.433. The molecule has 8 heteroatoms. The molecule has 0 saturated carbocycles. The van der Waals surface area contributed by atoms with Crippen LogP contribution in [0.3, 0.4) is 0 Å². The Morgan fingerprint density at radius 3 is 2.24 bits per heavy atom. The van der Waals surface area contributed by atoms with Gasteiger partial charge in [0.15, 0.2) is 0 Å². The molecule has 0 amide bonds. The number of hydrazine groups is 1. The third kappa shape index (κ3) is 5.80. The summed E-state index contributed by atoms with van der Waals surface area (Å²) in [5, 5.41) is 4.80. The van der Waals surface area contributed by atoms with Gasteiger partial charge in [0.25, 0.3) is 10.0 Å². The molecule has 0 heterocycles. The lowest BCUT2D eigenvalue weighted by Crippen LogP contribution is -2.41. The molecular formula is C21H21ClN4O2S. The summed E-state index contributed by atoms with van der Waals surface area (Å²) < 4.78 is 29.6. The molecule has 0 aliphatic heterocycles. The van der Waals surface area contributed by atoms with E-state index in [2.05, 4.69) is 9.71 Å². The van der Waals surface area contributed by atoms with E-state index in [-0.39, 0.29) is 17.4 Å². The van der Waals surface area contributed by atoms with Crippen molar-refractivity contribution in [1.29, 1.82) is 0 Å². The van der Waals surface area contributed by atoms with Crippen LogP contribution >= 0.6 is 11.6 Å². The Balaban J connectivity index is 1.95. The van der Waals surface area contributed by atoms with Crippen molar-refractivity contribution in [3.8, 4) is 0 Å². The molecule has 0 bridgehead atoms. The van der Waals surface area contributed by atoms with E-state index >= 15 is 0 Å². The number of halogens is 1. The number of hydrogen-bond donors (Lipinski definition) is 2. The second-order valence-corrected chi connectivity index (χ2v) is 8.49. The molecule has 0 unspecified atom stereocenters. The predicted octanol–water partition coefficient (Wildman–Crippen LogP) is 4.18. The highest BCUT2D eigenvalue weighted by molar-refractivity contribution is 7.90. The summed E-state index contributed by atoms with van der Waals surface area (Å²) in [5.74, 6) is 6.18. The molecule has 0 radical (unpaired) electrons. The second-order valence-electron chi connectivity index (χ2n) is 6.45. The number of nitrogens with zero attached hydrogens (tertiary/aromatic N) is 2. The maximum absolute atomic E-state index is 12.8. The summed E-state index contributed by atoms with van der Waals surface area (Å²) in [6, 6.07) is 22.7. The largest absolute Gasteiger partial charge is 0.324 e. The van der Waals surface area contributed by atoms with Gasteiger partial charge in [-0.05, 0) is 48.9 Å². The van der Waals surface area contributed by atoms with Crippen molar-refractivity contribution >= 4 is 33.3 Å². The number of nitrogens with one attached hydrogen (secondary N) is 1. The van der Waals surface area contributed by atoms with Crippen LogP contribution in [0.1, 0.15) is 11.1 Å². The molecule has 0 atom stereocenters. The van der Waals surface area contributed by atoms with Crippen molar-refractivity contribution < 1.29 is 8.42 Å². The summed E-state index contributed by atoms with van der Waals surface area (Å²) in [7, 11) is -3.96. The SMILES string of the molecule is Cc1ccc(S(=O)(=O)N=C(Nc2ccc(Cl)cc2)N(N)Cc2ccccc2)cc1. The zero-order valence-corrected chi connectivity index (χ0v) is 17.4. The third-order valence-corrected chi connectivity index (χ3v) is 5.63. The first-order valence-corrected chi connectivity index (χ1v) is 10.7. The standard InChI is InChI=1S/C21H21ClN4O2S/c1-16-7-13-20(14-8-16)29(27,28)25-21(24-19-11-9-18(22)10-12-19)26(23)15-17-5-3-2-4-6-17/h2-14H,15,23H2,1H3,(H,24,25). The van der Waals surface area contributed by atoms with Crippen LogP contribution in [0.15, 0.2) is 88.2 Å². The van der Waals surface area contributed by atoms with Crippen LogP contribution in [0.4, 0.5) is 5.69 Å². The fraction of sp³-hybridized carbons (Fsp3) is 0.0952. The summed E-state index contributed by atoms with van der Waals surface area (Å²) in [4.78, 5) is 0.0895. The van der Waals surface area contributed by atoms with Gasteiger partial charge in [-0.3, -0.25) is 5.01 Å². The van der Waals surface area contributed by atoms with Crippen molar-refractivity contribution in [3.05, 3.63) is 95.0 Å². The minimum Gasteiger partial charge on any atom is -0.324 e. The minimum atomic E-state index is -3.96. The van der Waals surface area contributed by atoms with Crippen molar-refractivity contribution in [3.63, 3.8) is 0 Å². The van der Waals surface area contributed by atoms with Crippen LogP contribution in [0.25, 0.3) is 0 Å². The fourth-order valence-electron chi connectivity index (χ4n) is 2.54. The van der Waals surface area contributed by atoms with Gasteiger partial charge >= 0.3 is 0 Å². The molecule has 0 aromatic heterocycles. The number of aryl methyl sites for hydroxylation is 1. The van der Waals surface area contributed by atoms with Crippen molar-refractivity contribution in [1.82, 2.24) is 5.01 Å². The number of hydrogen-bond acceptors (Lipinski definition) is 3. The van der Waals surface area contributed by atoms with Crippen LogP contribution in [-0.2, 0) is 16.6 Å². The van der Waals surface area contributed by atoms with E-state index < -0.39 is 10.0 Å². The molecular weight excluding hydrogens is 408 g/mol. The van der Waals surface area contributed by atoms with Gasteiger partial charge in [-0.2, -0.15) is 8.42 Å². The van der Waals surface area contributed by atoms with Gasteiger partial charge in [0.1, 0.15) is 0 Å². The second kappa shape index (κ2) is 9.09. The molecule has 3 aromatic carbocycles. The smallest absolute Gasteiger partial charge is 0.285 e. The molecule has 6 nitrogen and oxygen atoms in total. The highest BCUT2D eigenvalue weighted by Crippen LogP contribution is 2.17. The Labute approximate surface area is 175 Å². The summed E-state index contributed by atoms with van der Waals surface area (Å²) in [6.07, 6.45) is 0. The van der Waals surface area contributed by atoms with E-state index in [0.29, 0.717) is 10.7 Å². The summed E-state index contributed by atoms with van der Waals surface area (Å²) in [6.45, 7) is 2.15. The molecule has 0 spiro atoms. The Kier molecular flexibility index (Phi) is 6.53. The van der Waals surface area contributed by atoms with Crippen molar-refractivity contribution in [2.75, 3.05) is 5.32 Å². The highest BCUT2D eigenvalue weighted by atomic mass is 35.5. The zero-order chi connectivity index (χ0) is 20.9. The van der Waals surface area contributed by atoms with Crippen LogP contribution in [0.2, 0.25) is 5.02 Å². The predicted molar refractivity (Wildman–Crippen MR) is 117 cm³/mol. The lowest BCUT2D eigenvalue weighted by Gasteiger charge is -2.22. The number of nitrogens with two attached hydrogens (primary N) is 1. The monoisotopic (exact) mass is 428 g/mol. The Morgan fingerprint density at radius 2 is 1.62 bits per heavy atom. The van der Waals surface area contributed by atoms with E-state index in [1.165, 1.54) is 17.1 Å². The molecule has 0 aliphatic rings. The first-order valence-electron chi connectivity index (χ1n) is 8.84. The average Bonchev–Trinajstić information content (AvgIpc) is 2.70. The Bertz CT molecular complexity index is 1080. The molecule has 3 rings (SSSR count). The number of sulfonamides is 1. The molecule has 29 heavy (non-hydrogen) atoms. The Morgan fingerprint density at radius 1 is 1.00 bits per heavy atom. The van der Waals surface area contributed by atoms with E-state index in [1.807, 2.05) is 37.3 Å². The lowest BCUT2D eigenvalue weighted by atomic mass is 10.2. The molecule has 0 fully saturated rings. The molecule has 150 valence electrons. The molecule has 0 aliphatic carbocycles. The topological polar surface area (TPSA) is 87.8 Å². The van der Waals surface area contributed by atoms with E-state index in [1.54, 1.807) is 36.4 Å². The number of guanidine groups is 1. The number of anilines is 1. The van der Waals surface area contributed by atoms with Crippen LogP contribution in [0, 0.1) is 6.92 Å². The fourth-order valence-corrected chi connectivity index (χ4v) is 3.63. The van der Waals surface area contributed by atoms with E-state index in [9.17, 15) is 8.42 Å². The first kappa shape index (κ1) is 20.9. The molecule has 0 saturated heterocycles. The van der Waals surface area contributed by atoms with Gasteiger partial charge in [-0.15, -0.1) is 4.40 Å². The van der Waals surface area contributed by atoms with Gasteiger partial charge in [-0.25, -0.2) is 5.84 Å². The zero-order valence-electron chi connectivity index (χ0n) is 15.8. The van der Waals surface area contributed by atoms with Gasteiger partial charge < -0.3 is 5.32 Å². The van der Waals surface area contributed by atoms with E-state index in [0.717, 1.165) is 11.1 Å². The molecule has 3 aromatic rings. The maximum atomic E-state index is 12.8. The van der Waals surface area contributed by atoms with Gasteiger partial charge in [-0.1, -0.05) is 59.6 Å². The number of benzene rings is 3. The quantitative estimate of drug-likeness (QED) is 0.275. The normalized spacial score (nSPS) is 11.9. The van der Waals surface area contributed by atoms with Crippen LogP contribution in [-0.4, -0.2) is 19.4 Å². The number of rotatable bonds is 5.